The summed E-state index contributed by atoms with van der Waals surface area (Å²) in [5.74, 6) is 1.02. The van der Waals surface area contributed by atoms with Crippen molar-refractivity contribution in [1.29, 1.82) is 0 Å². The van der Waals surface area contributed by atoms with Gasteiger partial charge in [0.25, 0.3) is 0 Å². The van der Waals surface area contributed by atoms with Crippen LogP contribution in [0.5, 0.6) is 0 Å². The van der Waals surface area contributed by atoms with Crippen LogP contribution in [-0.4, -0.2) is 6.54 Å². The molecule has 0 amide bonds. The Morgan fingerprint density at radius 3 is 2.67 bits per heavy atom. The monoisotopic (exact) mass is 203 g/mol. The van der Waals surface area contributed by atoms with Crippen LogP contribution >= 0.6 is 0 Å². The number of para-hydroxylation sites is 1. The minimum Gasteiger partial charge on any atom is -0.461 e. The molecule has 0 radical (unpaired) electrons. The van der Waals surface area contributed by atoms with E-state index in [9.17, 15) is 0 Å². The third-order valence-electron chi connectivity index (χ3n) is 2.86. The van der Waals surface area contributed by atoms with Gasteiger partial charge in [-0.1, -0.05) is 32.0 Å². The molecule has 1 heterocycles. The maximum atomic E-state index is 5.83. The van der Waals surface area contributed by atoms with Gasteiger partial charge < -0.3 is 10.2 Å². The highest BCUT2D eigenvalue weighted by Crippen LogP contribution is 2.31. The van der Waals surface area contributed by atoms with Gasteiger partial charge in [-0.25, -0.2) is 0 Å². The number of hydrogen-bond acceptors (Lipinski definition) is 2. The number of hydrogen-bond donors (Lipinski definition) is 1. The largest absolute Gasteiger partial charge is 0.461 e. The standard InChI is InChI=1S/C13H17NO/c1-13(2,7-8-14)12-9-10-5-3-4-6-11(10)15-12/h3-6,9H,7-8,14H2,1-2H3. The summed E-state index contributed by atoms with van der Waals surface area (Å²) in [4.78, 5) is 0. The van der Waals surface area contributed by atoms with Gasteiger partial charge in [0.2, 0.25) is 0 Å². The first-order chi connectivity index (χ1) is 7.13. The molecule has 15 heavy (non-hydrogen) atoms. The van der Waals surface area contributed by atoms with E-state index in [4.69, 9.17) is 10.2 Å². The van der Waals surface area contributed by atoms with Crippen molar-refractivity contribution >= 4 is 11.0 Å². The molecule has 0 aliphatic rings. The van der Waals surface area contributed by atoms with Crippen molar-refractivity contribution < 1.29 is 4.42 Å². The second-order valence-electron chi connectivity index (χ2n) is 4.57. The average Bonchev–Trinajstić information content (AvgIpc) is 2.61. The lowest BCUT2D eigenvalue weighted by Crippen LogP contribution is -2.20. The van der Waals surface area contributed by atoms with Crippen LogP contribution in [0.25, 0.3) is 11.0 Å². The first-order valence-corrected chi connectivity index (χ1v) is 5.32. The smallest absolute Gasteiger partial charge is 0.134 e. The Bertz CT molecular complexity index is 423. The van der Waals surface area contributed by atoms with Gasteiger partial charge in [-0.3, -0.25) is 0 Å². The molecule has 1 aromatic carbocycles. The molecule has 0 atom stereocenters. The van der Waals surface area contributed by atoms with Crippen molar-refractivity contribution in [1.82, 2.24) is 0 Å². The van der Waals surface area contributed by atoms with Crippen molar-refractivity contribution in [3.05, 3.63) is 36.1 Å². The molecule has 0 saturated carbocycles. The Labute approximate surface area is 90.1 Å². The third-order valence-corrected chi connectivity index (χ3v) is 2.86. The zero-order valence-corrected chi connectivity index (χ0v) is 9.29. The Morgan fingerprint density at radius 1 is 1.27 bits per heavy atom. The fourth-order valence-corrected chi connectivity index (χ4v) is 1.80. The van der Waals surface area contributed by atoms with Crippen LogP contribution in [0.15, 0.2) is 34.7 Å². The fraction of sp³-hybridized carbons (Fsp3) is 0.385. The van der Waals surface area contributed by atoms with Crippen LogP contribution in [-0.2, 0) is 5.41 Å². The number of rotatable bonds is 3. The maximum absolute atomic E-state index is 5.83. The van der Waals surface area contributed by atoms with E-state index in [2.05, 4.69) is 26.0 Å². The Kier molecular flexibility index (Phi) is 2.53. The van der Waals surface area contributed by atoms with Crippen LogP contribution in [0.1, 0.15) is 26.0 Å². The van der Waals surface area contributed by atoms with E-state index < -0.39 is 0 Å². The normalized spacial score (nSPS) is 12.2. The number of nitrogens with two attached hydrogens (primary N) is 1. The quantitative estimate of drug-likeness (QED) is 0.832. The lowest BCUT2D eigenvalue weighted by atomic mass is 9.86. The predicted octanol–water partition coefficient (Wildman–Crippen LogP) is 3.06. The molecule has 1 aromatic heterocycles. The highest BCUT2D eigenvalue weighted by atomic mass is 16.3. The molecule has 2 nitrogen and oxygen atoms in total. The van der Waals surface area contributed by atoms with Crippen LogP contribution in [0.4, 0.5) is 0 Å². The van der Waals surface area contributed by atoms with E-state index in [0.717, 1.165) is 23.2 Å². The Hall–Kier alpha value is -1.28. The fourth-order valence-electron chi connectivity index (χ4n) is 1.80. The van der Waals surface area contributed by atoms with E-state index in [1.54, 1.807) is 0 Å². The van der Waals surface area contributed by atoms with E-state index in [1.807, 2.05) is 18.2 Å². The van der Waals surface area contributed by atoms with E-state index in [0.29, 0.717) is 6.54 Å². The predicted molar refractivity (Wildman–Crippen MR) is 62.9 cm³/mol. The van der Waals surface area contributed by atoms with E-state index >= 15 is 0 Å². The van der Waals surface area contributed by atoms with Gasteiger partial charge in [0, 0.05) is 10.8 Å². The van der Waals surface area contributed by atoms with E-state index in [-0.39, 0.29) is 5.41 Å². The first-order valence-electron chi connectivity index (χ1n) is 5.32. The van der Waals surface area contributed by atoms with Crippen LogP contribution in [0, 0.1) is 0 Å². The molecular weight excluding hydrogens is 186 g/mol. The Balaban J connectivity index is 2.44. The van der Waals surface area contributed by atoms with Crippen molar-refractivity contribution in [2.75, 3.05) is 6.54 Å². The second-order valence-corrected chi connectivity index (χ2v) is 4.57. The number of fused-ring (bicyclic) bond motifs is 1. The molecule has 2 aromatic rings. The molecule has 0 aliphatic heterocycles. The lowest BCUT2D eigenvalue weighted by Gasteiger charge is -2.20. The number of furan rings is 1. The summed E-state index contributed by atoms with van der Waals surface area (Å²) in [7, 11) is 0. The first kappa shape index (κ1) is 10.2. The molecule has 0 spiro atoms. The molecule has 0 fully saturated rings. The third kappa shape index (κ3) is 1.90. The van der Waals surface area contributed by atoms with Gasteiger partial charge in [-0.15, -0.1) is 0 Å². The molecule has 2 rings (SSSR count). The van der Waals surface area contributed by atoms with Gasteiger partial charge in [0.05, 0.1) is 0 Å². The molecule has 2 N–H and O–H groups in total. The molecular formula is C13H17NO. The highest BCUT2D eigenvalue weighted by molar-refractivity contribution is 5.77. The van der Waals surface area contributed by atoms with Crippen molar-refractivity contribution in [2.24, 2.45) is 5.73 Å². The van der Waals surface area contributed by atoms with Crippen molar-refractivity contribution in [2.45, 2.75) is 25.7 Å². The van der Waals surface area contributed by atoms with Gasteiger partial charge in [0.1, 0.15) is 11.3 Å². The molecule has 80 valence electrons. The van der Waals surface area contributed by atoms with Crippen LogP contribution < -0.4 is 5.73 Å². The topological polar surface area (TPSA) is 39.2 Å². The molecule has 0 unspecified atom stereocenters. The maximum Gasteiger partial charge on any atom is 0.134 e. The molecule has 0 saturated heterocycles. The second kappa shape index (κ2) is 3.70. The zero-order valence-electron chi connectivity index (χ0n) is 9.29. The van der Waals surface area contributed by atoms with Gasteiger partial charge in [0.15, 0.2) is 0 Å². The highest BCUT2D eigenvalue weighted by Gasteiger charge is 2.23. The van der Waals surface area contributed by atoms with E-state index in [1.165, 1.54) is 0 Å². The van der Waals surface area contributed by atoms with Crippen molar-refractivity contribution in [3.63, 3.8) is 0 Å². The summed E-state index contributed by atoms with van der Waals surface area (Å²) in [5.41, 5.74) is 6.58. The van der Waals surface area contributed by atoms with Gasteiger partial charge in [-0.05, 0) is 25.1 Å². The average molecular weight is 203 g/mol. The minimum absolute atomic E-state index is 0.0216. The summed E-state index contributed by atoms with van der Waals surface area (Å²) in [6.45, 7) is 5.01. The molecule has 0 aliphatic carbocycles. The minimum atomic E-state index is 0.0216. The van der Waals surface area contributed by atoms with Crippen LogP contribution in [0.3, 0.4) is 0 Å². The summed E-state index contributed by atoms with van der Waals surface area (Å²) in [5, 5.41) is 1.16. The zero-order chi connectivity index (χ0) is 10.9. The van der Waals surface area contributed by atoms with Crippen LogP contribution in [0.2, 0.25) is 0 Å². The van der Waals surface area contributed by atoms with Gasteiger partial charge in [-0.2, -0.15) is 0 Å². The summed E-state index contributed by atoms with van der Waals surface area (Å²) < 4.78 is 5.83. The summed E-state index contributed by atoms with van der Waals surface area (Å²) in [6, 6.07) is 10.2. The molecule has 0 bridgehead atoms. The Morgan fingerprint density at radius 2 is 2.00 bits per heavy atom. The molecule has 2 heteroatoms. The van der Waals surface area contributed by atoms with Gasteiger partial charge >= 0.3 is 0 Å². The summed E-state index contributed by atoms with van der Waals surface area (Å²) in [6.07, 6.45) is 0.937. The van der Waals surface area contributed by atoms with Crippen molar-refractivity contribution in [3.8, 4) is 0 Å². The number of benzene rings is 1. The summed E-state index contributed by atoms with van der Waals surface area (Å²) >= 11 is 0. The SMILES string of the molecule is CC(C)(CCN)c1cc2ccccc2o1. The lowest BCUT2D eigenvalue weighted by molar-refractivity contribution is 0.382.